The summed E-state index contributed by atoms with van der Waals surface area (Å²) in [6.45, 7) is 6.44. The fraction of sp³-hybridized carbons (Fsp3) is 0.409. The van der Waals surface area contributed by atoms with Gasteiger partial charge in [0, 0.05) is 24.9 Å². The SMILES string of the molecule is COC(=O)N[C@H](C(=O)N1CCC[C@H]1c1ncc(-c2ccc(-c3ccc(-c4cnc(C5C6CCC(C6)[C@@H]5C(=O)NC(C)c5cccnc5)[nH]4)cc3)cc2)[nH]1)C(C)C. The van der Waals surface area contributed by atoms with E-state index in [1.165, 1.54) is 7.11 Å². The molecule has 2 bridgehead atoms. The number of benzene rings is 2. The molecule has 4 unspecified atom stereocenters. The third-order valence-corrected chi connectivity index (χ3v) is 12.2. The van der Waals surface area contributed by atoms with Crippen molar-refractivity contribution in [1.82, 2.24) is 40.5 Å². The quantitative estimate of drug-likeness (QED) is 0.108. The Morgan fingerprint density at radius 3 is 2.04 bits per heavy atom. The van der Waals surface area contributed by atoms with E-state index >= 15 is 0 Å². The highest BCUT2D eigenvalue weighted by Gasteiger charge is 2.52. The Morgan fingerprint density at radius 1 is 0.786 bits per heavy atom. The summed E-state index contributed by atoms with van der Waals surface area (Å²) >= 11 is 0. The van der Waals surface area contributed by atoms with E-state index in [1.807, 2.05) is 56.4 Å². The van der Waals surface area contributed by atoms with E-state index in [0.717, 1.165) is 83.0 Å². The highest BCUT2D eigenvalue weighted by molar-refractivity contribution is 5.86. The normalized spacial score (nSPS) is 22.6. The first-order valence-electron chi connectivity index (χ1n) is 19.8. The van der Waals surface area contributed by atoms with Crippen LogP contribution in [0.1, 0.15) is 88.1 Å². The van der Waals surface area contributed by atoms with Crippen molar-refractivity contribution >= 4 is 17.9 Å². The van der Waals surface area contributed by atoms with E-state index in [9.17, 15) is 14.4 Å². The van der Waals surface area contributed by atoms with Crippen LogP contribution in [0.15, 0.2) is 85.5 Å². The average Bonchev–Trinajstić information content (AvgIpc) is 4.08. The van der Waals surface area contributed by atoms with E-state index in [2.05, 4.69) is 79.1 Å². The van der Waals surface area contributed by atoms with Gasteiger partial charge in [-0.05, 0) is 90.7 Å². The Kier molecular flexibility index (Phi) is 10.5. The topological polar surface area (TPSA) is 158 Å². The van der Waals surface area contributed by atoms with E-state index in [4.69, 9.17) is 9.72 Å². The number of nitrogens with zero attached hydrogens (tertiary/aromatic N) is 4. The number of nitrogens with one attached hydrogen (secondary N) is 4. The number of aromatic nitrogens is 5. The number of pyridine rings is 1. The maximum absolute atomic E-state index is 13.7. The first-order chi connectivity index (χ1) is 27.2. The molecular formula is C44H50N8O4. The van der Waals surface area contributed by atoms with E-state index in [1.54, 1.807) is 6.20 Å². The van der Waals surface area contributed by atoms with Gasteiger partial charge in [-0.1, -0.05) is 68.4 Å². The van der Waals surface area contributed by atoms with Gasteiger partial charge in [0.05, 0.1) is 48.9 Å². The molecule has 56 heavy (non-hydrogen) atoms. The molecule has 3 aliphatic rings. The van der Waals surface area contributed by atoms with E-state index < -0.39 is 12.1 Å². The number of likely N-dealkylation sites (tertiary alicyclic amines) is 1. The van der Waals surface area contributed by atoms with Crippen molar-refractivity contribution in [2.45, 2.75) is 76.9 Å². The van der Waals surface area contributed by atoms with Gasteiger partial charge in [-0.25, -0.2) is 14.8 Å². The van der Waals surface area contributed by atoms with Crippen LogP contribution in [-0.4, -0.2) is 67.4 Å². The summed E-state index contributed by atoms with van der Waals surface area (Å²) < 4.78 is 4.76. The lowest BCUT2D eigenvalue weighted by Crippen LogP contribution is -2.51. The van der Waals surface area contributed by atoms with Gasteiger partial charge >= 0.3 is 6.09 Å². The van der Waals surface area contributed by atoms with Crippen LogP contribution in [0.3, 0.4) is 0 Å². The lowest BCUT2D eigenvalue weighted by molar-refractivity contribution is -0.135. The number of alkyl carbamates (subject to hydrolysis) is 1. The Morgan fingerprint density at radius 2 is 1.41 bits per heavy atom. The van der Waals surface area contributed by atoms with Gasteiger partial charge in [0.2, 0.25) is 11.8 Å². The van der Waals surface area contributed by atoms with E-state index in [0.29, 0.717) is 18.4 Å². The molecule has 4 N–H and O–H groups in total. The van der Waals surface area contributed by atoms with Crippen LogP contribution in [0, 0.1) is 23.7 Å². The maximum atomic E-state index is 13.7. The molecule has 3 amide bonds. The number of carbonyl (C=O) groups is 3. The zero-order valence-corrected chi connectivity index (χ0v) is 32.4. The zero-order valence-electron chi connectivity index (χ0n) is 32.4. The molecule has 0 radical (unpaired) electrons. The molecular weight excluding hydrogens is 705 g/mol. The maximum Gasteiger partial charge on any atom is 0.407 e. The first kappa shape index (κ1) is 37.2. The number of methoxy groups -OCH3 is 1. The lowest BCUT2D eigenvalue weighted by Gasteiger charge is -2.30. The summed E-state index contributed by atoms with van der Waals surface area (Å²) in [5.41, 5.74) is 7.06. The Bertz CT molecular complexity index is 2160. The summed E-state index contributed by atoms with van der Waals surface area (Å²) in [5.74, 6) is 2.37. The van der Waals surface area contributed by atoms with Gasteiger partial charge < -0.3 is 30.2 Å². The molecule has 1 aliphatic heterocycles. The summed E-state index contributed by atoms with van der Waals surface area (Å²) in [4.78, 5) is 61.9. The van der Waals surface area contributed by atoms with E-state index in [-0.39, 0.29) is 41.7 Å². The number of H-pyrrole nitrogens is 2. The molecule has 290 valence electrons. The molecule has 8 rings (SSSR count). The molecule has 5 aromatic rings. The van der Waals surface area contributed by atoms with Crippen LogP contribution in [0.25, 0.3) is 33.6 Å². The lowest BCUT2D eigenvalue weighted by atomic mass is 9.78. The number of amides is 3. The molecule has 12 nitrogen and oxygen atoms in total. The number of hydrogen-bond acceptors (Lipinski definition) is 7. The molecule has 2 saturated carbocycles. The van der Waals surface area contributed by atoms with Crippen LogP contribution in [0.2, 0.25) is 0 Å². The highest BCUT2D eigenvalue weighted by atomic mass is 16.5. The smallest absolute Gasteiger partial charge is 0.407 e. The minimum absolute atomic E-state index is 0.0829. The Labute approximate surface area is 327 Å². The Balaban J connectivity index is 0.922. The van der Waals surface area contributed by atoms with Crippen LogP contribution < -0.4 is 10.6 Å². The monoisotopic (exact) mass is 754 g/mol. The van der Waals surface area contributed by atoms with Crippen LogP contribution in [0.5, 0.6) is 0 Å². The van der Waals surface area contributed by atoms with Gasteiger partial charge in [-0.15, -0.1) is 0 Å². The predicted molar refractivity (Wildman–Crippen MR) is 213 cm³/mol. The first-order valence-corrected chi connectivity index (χ1v) is 19.8. The third-order valence-electron chi connectivity index (χ3n) is 12.2. The second kappa shape index (κ2) is 15.8. The number of imidazole rings is 2. The second-order valence-corrected chi connectivity index (χ2v) is 16.0. The molecule has 4 heterocycles. The minimum Gasteiger partial charge on any atom is -0.453 e. The minimum atomic E-state index is -0.677. The second-order valence-electron chi connectivity index (χ2n) is 16.0. The van der Waals surface area contributed by atoms with Crippen LogP contribution in [-0.2, 0) is 14.3 Å². The fourth-order valence-corrected chi connectivity index (χ4v) is 9.27. The standard InChI is InChI=1S/C44H50N8O4/c1-25(2)39(51-44(55)56-4)43(54)52-20-6-8-36(52)40-46-23-34(49-40)29-13-9-27(10-14-29)28-11-15-30(16-12-28)35-24-47-41(50-35)37-31-17-18-32(21-31)38(37)42(53)48-26(3)33-7-5-19-45-22-33/h5,7,9-16,19,22-26,31-32,36-39H,6,8,17-18,20-21H2,1-4H3,(H,46,49)(H,47,50)(H,48,53)(H,51,55)/t26?,31?,32?,36-,37?,38-,39-/m0/s1. The molecule has 2 aliphatic carbocycles. The van der Waals surface area contributed by atoms with Crippen molar-refractivity contribution in [1.29, 1.82) is 0 Å². The van der Waals surface area contributed by atoms with Gasteiger partial charge in [0.1, 0.15) is 17.7 Å². The van der Waals surface area contributed by atoms with Gasteiger partial charge in [0.25, 0.3) is 0 Å². The number of aromatic amines is 2. The molecule has 3 aromatic heterocycles. The molecule has 7 atom stereocenters. The molecule has 1 saturated heterocycles. The number of carbonyl (C=O) groups excluding carboxylic acids is 3. The Hall–Kier alpha value is -5.78. The van der Waals surface area contributed by atoms with Crippen molar-refractivity contribution in [2.24, 2.45) is 23.7 Å². The van der Waals surface area contributed by atoms with Crippen molar-refractivity contribution in [3.8, 4) is 33.6 Å². The number of fused-ring (bicyclic) bond motifs is 2. The largest absolute Gasteiger partial charge is 0.453 e. The molecule has 12 heteroatoms. The van der Waals surface area contributed by atoms with Crippen LogP contribution >= 0.6 is 0 Å². The number of hydrogen-bond donors (Lipinski definition) is 4. The number of rotatable bonds is 11. The van der Waals surface area contributed by atoms with Crippen molar-refractivity contribution in [2.75, 3.05) is 13.7 Å². The molecule has 2 aromatic carbocycles. The van der Waals surface area contributed by atoms with Crippen molar-refractivity contribution < 1.29 is 19.1 Å². The number of ether oxygens (including phenoxy) is 1. The summed E-state index contributed by atoms with van der Waals surface area (Å²) in [6.07, 6.45) is 11.6. The predicted octanol–water partition coefficient (Wildman–Crippen LogP) is 7.58. The van der Waals surface area contributed by atoms with Gasteiger partial charge in [0.15, 0.2) is 0 Å². The van der Waals surface area contributed by atoms with Gasteiger partial charge in [-0.2, -0.15) is 0 Å². The van der Waals surface area contributed by atoms with Crippen molar-refractivity contribution in [3.05, 3.63) is 103 Å². The third kappa shape index (κ3) is 7.32. The highest BCUT2D eigenvalue weighted by Crippen LogP contribution is 2.56. The zero-order chi connectivity index (χ0) is 38.9. The fourth-order valence-electron chi connectivity index (χ4n) is 9.27. The van der Waals surface area contributed by atoms with Crippen LogP contribution in [0.4, 0.5) is 4.79 Å². The van der Waals surface area contributed by atoms with Gasteiger partial charge in [-0.3, -0.25) is 14.6 Å². The summed E-state index contributed by atoms with van der Waals surface area (Å²) in [6, 6.07) is 19.8. The van der Waals surface area contributed by atoms with Crippen molar-refractivity contribution in [3.63, 3.8) is 0 Å². The molecule has 3 fully saturated rings. The average molecular weight is 755 g/mol. The summed E-state index contributed by atoms with van der Waals surface area (Å²) in [7, 11) is 1.30. The molecule has 0 spiro atoms. The summed E-state index contributed by atoms with van der Waals surface area (Å²) in [5, 5.41) is 5.98.